The van der Waals surface area contributed by atoms with Gasteiger partial charge in [0.05, 0.1) is 12.6 Å². The van der Waals surface area contributed by atoms with Gasteiger partial charge < -0.3 is 10.1 Å². The van der Waals surface area contributed by atoms with Gasteiger partial charge in [0.25, 0.3) is 0 Å². The number of carbonyl (C=O) groups is 1. The Balaban J connectivity index is 4.38. The molecule has 0 aliphatic rings. The second kappa shape index (κ2) is 8.99. The second-order valence-electron chi connectivity index (χ2n) is 4.63. The van der Waals surface area contributed by atoms with Gasteiger partial charge in [-0.2, -0.15) is 0 Å². The van der Waals surface area contributed by atoms with E-state index in [2.05, 4.69) is 19.2 Å². The molecule has 0 aliphatic carbocycles. The molecular formula is C14H25NO2. The maximum absolute atomic E-state index is 11.8. The number of methoxy groups -OCH3 is 1. The van der Waals surface area contributed by atoms with Crippen LogP contribution in [0.4, 0.5) is 0 Å². The van der Waals surface area contributed by atoms with Gasteiger partial charge in [0.2, 0.25) is 5.91 Å². The van der Waals surface area contributed by atoms with Crippen LogP contribution in [0.25, 0.3) is 0 Å². The lowest BCUT2D eigenvalue weighted by Gasteiger charge is -2.19. The average Bonchev–Trinajstić information content (AvgIpc) is 2.25. The molecule has 0 aromatic carbocycles. The molecule has 0 unspecified atom stereocenters. The third-order valence-electron chi connectivity index (χ3n) is 2.36. The fourth-order valence-electron chi connectivity index (χ4n) is 1.55. The zero-order chi connectivity index (χ0) is 13.3. The van der Waals surface area contributed by atoms with E-state index in [1.807, 2.05) is 32.1 Å². The number of allylic oxidation sites excluding steroid dienone is 3. The lowest BCUT2D eigenvalue weighted by Crippen LogP contribution is -2.39. The minimum Gasteiger partial charge on any atom is -0.383 e. The SMILES string of the molecule is C/C=C/C=C(/C)C(=O)N[C@H](COC)CC(C)C. The summed E-state index contributed by atoms with van der Waals surface area (Å²) in [4.78, 5) is 11.8. The van der Waals surface area contributed by atoms with Crippen LogP contribution in [0.3, 0.4) is 0 Å². The van der Waals surface area contributed by atoms with Crippen molar-refractivity contribution in [2.24, 2.45) is 5.92 Å². The first-order chi connectivity index (χ1) is 8.01. The van der Waals surface area contributed by atoms with Crippen LogP contribution in [0.1, 0.15) is 34.1 Å². The predicted octanol–water partition coefficient (Wildman–Crippen LogP) is 2.69. The first-order valence-corrected chi connectivity index (χ1v) is 6.10. The Labute approximate surface area is 105 Å². The largest absolute Gasteiger partial charge is 0.383 e. The quantitative estimate of drug-likeness (QED) is 0.548. The van der Waals surface area contributed by atoms with E-state index in [0.717, 1.165) is 6.42 Å². The maximum Gasteiger partial charge on any atom is 0.247 e. The van der Waals surface area contributed by atoms with Crippen LogP contribution in [0.15, 0.2) is 23.8 Å². The molecule has 0 saturated carbocycles. The maximum atomic E-state index is 11.8. The Morgan fingerprint density at radius 3 is 2.53 bits per heavy atom. The first kappa shape index (κ1) is 15.9. The molecule has 3 heteroatoms. The van der Waals surface area contributed by atoms with Crippen LogP contribution in [0, 0.1) is 5.92 Å². The standard InChI is InChI=1S/C14H25NO2/c1-6-7-8-12(4)14(16)15-13(10-17-5)9-11(2)3/h6-8,11,13H,9-10H2,1-5H3,(H,15,16)/b7-6+,12-8-/t13-/m0/s1. The van der Waals surface area contributed by atoms with Crippen molar-refractivity contribution in [3.8, 4) is 0 Å². The van der Waals surface area contributed by atoms with Crippen molar-refractivity contribution in [2.45, 2.75) is 40.2 Å². The summed E-state index contributed by atoms with van der Waals surface area (Å²) >= 11 is 0. The summed E-state index contributed by atoms with van der Waals surface area (Å²) in [5.74, 6) is 0.515. The Kier molecular flexibility index (Phi) is 8.42. The number of carbonyl (C=O) groups excluding carboxylic acids is 1. The molecule has 0 radical (unpaired) electrons. The van der Waals surface area contributed by atoms with Crippen molar-refractivity contribution in [3.63, 3.8) is 0 Å². The molecule has 3 nitrogen and oxygen atoms in total. The van der Waals surface area contributed by atoms with Crippen molar-refractivity contribution < 1.29 is 9.53 Å². The molecule has 17 heavy (non-hydrogen) atoms. The van der Waals surface area contributed by atoms with Gasteiger partial charge in [-0.05, 0) is 26.2 Å². The number of ether oxygens (including phenoxy) is 1. The number of hydrogen-bond acceptors (Lipinski definition) is 2. The van der Waals surface area contributed by atoms with E-state index in [4.69, 9.17) is 4.74 Å². The zero-order valence-corrected chi connectivity index (χ0v) is 11.6. The lowest BCUT2D eigenvalue weighted by atomic mass is 10.0. The summed E-state index contributed by atoms with van der Waals surface area (Å²) in [5.41, 5.74) is 0.716. The van der Waals surface area contributed by atoms with Gasteiger partial charge in [-0.3, -0.25) is 4.79 Å². The Morgan fingerprint density at radius 1 is 1.41 bits per heavy atom. The average molecular weight is 239 g/mol. The zero-order valence-electron chi connectivity index (χ0n) is 11.6. The van der Waals surface area contributed by atoms with Crippen LogP contribution in [-0.4, -0.2) is 25.7 Å². The summed E-state index contributed by atoms with van der Waals surface area (Å²) in [6.45, 7) is 8.57. The van der Waals surface area contributed by atoms with Crippen molar-refractivity contribution in [2.75, 3.05) is 13.7 Å². The summed E-state index contributed by atoms with van der Waals surface area (Å²) in [6, 6.07) is 0.0847. The van der Waals surface area contributed by atoms with Gasteiger partial charge in [-0.15, -0.1) is 0 Å². The Morgan fingerprint density at radius 2 is 2.06 bits per heavy atom. The minimum atomic E-state index is -0.0224. The van der Waals surface area contributed by atoms with Crippen molar-refractivity contribution in [1.82, 2.24) is 5.32 Å². The third kappa shape index (κ3) is 7.75. The van der Waals surface area contributed by atoms with Gasteiger partial charge in [-0.25, -0.2) is 0 Å². The molecule has 98 valence electrons. The minimum absolute atomic E-state index is 0.0224. The van der Waals surface area contributed by atoms with Gasteiger partial charge in [0.1, 0.15) is 0 Å². The number of nitrogens with one attached hydrogen (secondary N) is 1. The highest BCUT2D eigenvalue weighted by molar-refractivity contribution is 5.93. The van der Waals surface area contributed by atoms with Crippen molar-refractivity contribution in [3.05, 3.63) is 23.8 Å². The molecular weight excluding hydrogens is 214 g/mol. The molecule has 0 aliphatic heterocycles. The predicted molar refractivity (Wildman–Crippen MR) is 71.8 cm³/mol. The molecule has 0 bridgehead atoms. The third-order valence-corrected chi connectivity index (χ3v) is 2.36. The van der Waals surface area contributed by atoms with Gasteiger partial charge in [0.15, 0.2) is 0 Å². The summed E-state index contributed by atoms with van der Waals surface area (Å²) in [5, 5.41) is 2.99. The van der Waals surface area contributed by atoms with E-state index in [-0.39, 0.29) is 11.9 Å². The molecule has 0 aromatic heterocycles. The van der Waals surface area contributed by atoms with Crippen LogP contribution in [0.5, 0.6) is 0 Å². The van der Waals surface area contributed by atoms with Crippen molar-refractivity contribution >= 4 is 5.91 Å². The van der Waals surface area contributed by atoms with Gasteiger partial charge in [-0.1, -0.05) is 32.1 Å². The van der Waals surface area contributed by atoms with Crippen LogP contribution in [0.2, 0.25) is 0 Å². The highest BCUT2D eigenvalue weighted by Crippen LogP contribution is 2.06. The highest BCUT2D eigenvalue weighted by Gasteiger charge is 2.14. The van der Waals surface area contributed by atoms with Gasteiger partial charge in [0, 0.05) is 12.7 Å². The molecule has 1 atom stereocenters. The number of hydrogen-bond donors (Lipinski definition) is 1. The monoisotopic (exact) mass is 239 g/mol. The van der Waals surface area contributed by atoms with E-state index < -0.39 is 0 Å². The Bertz CT molecular complexity index is 280. The van der Waals surface area contributed by atoms with Crippen molar-refractivity contribution in [1.29, 1.82) is 0 Å². The fourth-order valence-corrected chi connectivity index (χ4v) is 1.55. The summed E-state index contributed by atoms with van der Waals surface area (Å²) < 4.78 is 5.12. The number of rotatable bonds is 7. The molecule has 0 saturated heterocycles. The van der Waals surface area contributed by atoms with Crippen LogP contribution in [-0.2, 0) is 9.53 Å². The number of amides is 1. The first-order valence-electron chi connectivity index (χ1n) is 6.10. The van der Waals surface area contributed by atoms with Gasteiger partial charge >= 0.3 is 0 Å². The normalized spacial score (nSPS) is 14.4. The molecule has 1 N–H and O–H groups in total. The highest BCUT2D eigenvalue weighted by atomic mass is 16.5. The second-order valence-corrected chi connectivity index (χ2v) is 4.63. The molecule has 0 fully saturated rings. The smallest absolute Gasteiger partial charge is 0.247 e. The molecule has 1 amide bonds. The molecule has 0 spiro atoms. The lowest BCUT2D eigenvalue weighted by molar-refractivity contribution is -0.118. The van der Waals surface area contributed by atoms with E-state index >= 15 is 0 Å². The van der Waals surface area contributed by atoms with Crippen LogP contribution < -0.4 is 5.32 Å². The van der Waals surface area contributed by atoms with E-state index in [9.17, 15) is 4.79 Å². The summed E-state index contributed by atoms with van der Waals surface area (Å²) in [6.07, 6.45) is 6.51. The molecule has 0 heterocycles. The van der Waals surface area contributed by atoms with E-state index in [1.165, 1.54) is 0 Å². The Hall–Kier alpha value is -1.09. The fraction of sp³-hybridized carbons (Fsp3) is 0.643. The topological polar surface area (TPSA) is 38.3 Å². The van der Waals surface area contributed by atoms with E-state index in [1.54, 1.807) is 7.11 Å². The summed E-state index contributed by atoms with van der Waals surface area (Å²) in [7, 11) is 1.65. The van der Waals surface area contributed by atoms with Crippen LogP contribution >= 0.6 is 0 Å². The molecule has 0 aromatic rings. The molecule has 0 rings (SSSR count). The van der Waals surface area contributed by atoms with E-state index in [0.29, 0.717) is 18.1 Å².